The van der Waals surface area contributed by atoms with E-state index in [9.17, 15) is 0 Å². The zero-order valence-corrected chi connectivity index (χ0v) is 11.3. The minimum Gasteiger partial charge on any atom is -0.435 e. The molecule has 0 aliphatic heterocycles. The van der Waals surface area contributed by atoms with Crippen LogP contribution in [0.3, 0.4) is 0 Å². The van der Waals surface area contributed by atoms with E-state index < -0.39 is 0 Å². The van der Waals surface area contributed by atoms with Gasteiger partial charge in [0.2, 0.25) is 5.88 Å². The highest BCUT2D eigenvalue weighted by Gasteiger charge is 2.15. The van der Waals surface area contributed by atoms with Gasteiger partial charge in [-0.05, 0) is 15.9 Å². The van der Waals surface area contributed by atoms with Gasteiger partial charge in [0.15, 0.2) is 11.4 Å². The summed E-state index contributed by atoms with van der Waals surface area (Å²) in [5.74, 6) is 1.07. The van der Waals surface area contributed by atoms with Gasteiger partial charge < -0.3 is 4.74 Å². The first kappa shape index (κ1) is 11.1. The van der Waals surface area contributed by atoms with E-state index in [1.807, 2.05) is 14.1 Å². The molecule has 0 aliphatic carbocycles. The van der Waals surface area contributed by atoms with Gasteiger partial charge in [0.25, 0.3) is 0 Å². The molecule has 0 amide bonds. The standard InChI is InChI=1S/C10H9BrN6O/c1-16-4-6(3-14-16)18-10-7-8(11)15-17(2)9(7)12-5-13-10/h3-5H,1-2H3. The van der Waals surface area contributed by atoms with E-state index in [-0.39, 0.29) is 0 Å². The van der Waals surface area contributed by atoms with E-state index in [0.717, 1.165) is 5.39 Å². The number of hydrogen-bond donors (Lipinski definition) is 0. The number of aromatic nitrogens is 6. The van der Waals surface area contributed by atoms with Crippen molar-refractivity contribution in [3.8, 4) is 11.6 Å². The summed E-state index contributed by atoms with van der Waals surface area (Å²) in [6.07, 6.45) is 4.83. The van der Waals surface area contributed by atoms with Crippen molar-refractivity contribution < 1.29 is 4.74 Å². The number of halogens is 1. The minimum atomic E-state index is 0.452. The minimum absolute atomic E-state index is 0.452. The molecule has 0 saturated carbocycles. The van der Waals surface area contributed by atoms with Crippen LogP contribution in [-0.4, -0.2) is 29.5 Å². The maximum Gasteiger partial charge on any atom is 0.234 e. The number of fused-ring (bicyclic) bond motifs is 1. The van der Waals surface area contributed by atoms with Crippen molar-refractivity contribution in [3.63, 3.8) is 0 Å². The number of nitrogens with zero attached hydrogens (tertiary/aromatic N) is 6. The molecule has 0 fully saturated rings. The van der Waals surface area contributed by atoms with Gasteiger partial charge in [-0.15, -0.1) is 0 Å². The summed E-state index contributed by atoms with van der Waals surface area (Å²) in [4.78, 5) is 8.30. The van der Waals surface area contributed by atoms with E-state index in [1.54, 1.807) is 21.8 Å². The fraction of sp³-hybridized carbons (Fsp3) is 0.200. The van der Waals surface area contributed by atoms with Crippen LogP contribution in [0.25, 0.3) is 11.0 Å². The Kier molecular flexibility index (Phi) is 2.51. The zero-order valence-electron chi connectivity index (χ0n) is 9.70. The predicted octanol–water partition coefficient (Wildman–Crippen LogP) is 1.65. The summed E-state index contributed by atoms with van der Waals surface area (Å²) in [6.45, 7) is 0. The lowest BCUT2D eigenvalue weighted by Gasteiger charge is -2.02. The smallest absolute Gasteiger partial charge is 0.234 e. The Balaban J connectivity index is 2.11. The summed E-state index contributed by atoms with van der Waals surface area (Å²) in [7, 11) is 3.64. The fourth-order valence-corrected chi connectivity index (χ4v) is 2.24. The van der Waals surface area contributed by atoms with Crippen molar-refractivity contribution >= 4 is 27.0 Å². The maximum absolute atomic E-state index is 5.69. The van der Waals surface area contributed by atoms with E-state index in [4.69, 9.17) is 4.74 Å². The van der Waals surface area contributed by atoms with E-state index in [2.05, 4.69) is 36.1 Å². The molecule has 3 heterocycles. The number of aryl methyl sites for hydroxylation is 2. The molecule has 0 radical (unpaired) electrons. The molecule has 8 heteroatoms. The van der Waals surface area contributed by atoms with Crippen molar-refractivity contribution in [1.29, 1.82) is 0 Å². The van der Waals surface area contributed by atoms with E-state index >= 15 is 0 Å². The third-order valence-corrected chi connectivity index (χ3v) is 2.99. The molecule has 0 saturated heterocycles. The van der Waals surface area contributed by atoms with Gasteiger partial charge in [0.05, 0.1) is 12.4 Å². The third-order valence-electron chi connectivity index (χ3n) is 2.44. The van der Waals surface area contributed by atoms with Crippen LogP contribution < -0.4 is 4.74 Å². The predicted molar refractivity (Wildman–Crippen MR) is 67.3 cm³/mol. The Morgan fingerprint density at radius 2 is 2.11 bits per heavy atom. The van der Waals surface area contributed by atoms with Gasteiger partial charge in [0, 0.05) is 14.1 Å². The molecule has 0 unspecified atom stereocenters. The largest absolute Gasteiger partial charge is 0.435 e. The normalized spacial score (nSPS) is 11.1. The average Bonchev–Trinajstić information content (AvgIpc) is 2.85. The second-order valence-corrected chi connectivity index (χ2v) is 4.49. The van der Waals surface area contributed by atoms with Crippen LogP contribution in [0.4, 0.5) is 0 Å². The van der Waals surface area contributed by atoms with Crippen LogP contribution in [0.5, 0.6) is 11.6 Å². The van der Waals surface area contributed by atoms with Crippen LogP contribution in [0, 0.1) is 0 Å². The first-order chi connectivity index (χ1) is 8.65. The Labute approximate surface area is 111 Å². The second kappa shape index (κ2) is 4.05. The first-order valence-electron chi connectivity index (χ1n) is 5.15. The molecule has 7 nitrogen and oxygen atoms in total. The molecule has 3 aromatic heterocycles. The van der Waals surface area contributed by atoms with Gasteiger partial charge in [-0.1, -0.05) is 0 Å². The van der Waals surface area contributed by atoms with Crippen LogP contribution in [-0.2, 0) is 14.1 Å². The zero-order chi connectivity index (χ0) is 12.7. The van der Waals surface area contributed by atoms with Gasteiger partial charge in [-0.2, -0.15) is 10.2 Å². The van der Waals surface area contributed by atoms with Crippen LogP contribution in [0.15, 0.2) is 23.3 Å². The molecule has 0 atom stereocenters. The Morgan fingerprint density at radius 3 is 2.83 bits per heavy atom. The molecule has 0 aromatic carbocycles. The molecule has 18 heavy (non-hydrogen) atoms. The maximum atomic E-state index is 5.69. The summed E-state index contributed by atoms with van der Waals surface area (Å²) in [6, 6.07) is 0. The molecule has 3 rings (SSSR count). The number of hydrogen-bond acceptors (Lipinski definition) is 5. The topological polar surface area (TPSA) is 70.7 Å². The molecule has 3 aromatic rings. The SMILES string of the molecule is Cn1cc(Oc2ncnc3c2c(Br)nn3C)cn1. The molecular formula is C10H9BrN6O. The molecule has 92 valence electrons. The van der Waals surface area contributed by atoms with Crippen molar-refractivity contribution in [2.24, 2.45) is 14.1 Å². The van der Waals surface area contributed by atoms with Crippen LogP contribution in [0.2, 0.25) is 0 Å². The summed E-state index contributed by atoms with van der Waals surface area (Å²) in [5, 5.41) is 9.00. The first-order valence-corrected chi connectivity index (χ1v) is 5.94. The summed E-state index contributed by atoms with van der Waals surface area (Å²) in [5.41, 5.74) is 0.704. The van der Waals surface area contributed by atoms with Gasteiger partial charge in [0.1, 0.15) is 16.3 Å². The van der Waals surface area contributed by atoms with Crippen LogP contribution in [0.1, 0.15) is 0 Å². The lowest BCUT2D eigenvalue weighted by atomic mass is 10.4. The van der Waals surface area contributed by atoms with Gasteiger partial charge in [-0.25, -0.2) is 14.6 Å². The highest BCUT2D eigenvalue weighted by molar-refractivity contribution is 9.10. The van der Waals surface area contributed by atoms with E-state index in [1.165, 1.54) is 6.33 Å². The Hall–Kier alpha value is -1.96. The lowest BCUT2D eigenvalue weighted by molar-refractivity contribution is 0.467. The van der Waals surface area contributed by atoms with Gasteiger partial charge in [-0.3, -0.25) is 4.68 Å². The van der Waals surface area contributed by atoms with Crippen molar-refractivity contribution in [3.05, 3.63) is 23.3 Å². The summed E-state index contributed by atoms with van der Waals surface area (Å²) < 4.78 is 9.66. The van der Waals surface area contributed by atoms with Crippen molar-refractivity contribution in [1.82, 2.24) is 29.5 Å². The molecule has 0 aliphatic rings. The Bertz CT molecular complexity index is 718. The van der Waals surface area contributed by atoms with Gasteiger partial charge >= 0.3 is 0 Å². The second-order valence-electron chi connectivity index (χ2n) is 3.74. The molecule has 0 N–H and O–H groups in total. The van der Waals surface area contributed by atoms with Crippen molar-refractivity contribution in [2.45, 2.75) is 0 Å². The highest BCUT2D eigenvalue weighted by Crippen LogP contribution is 2.31. The molecular weight excluding hydrogens is 300 g/mol. The summed E-state index contributed by atoms with van der Waals surface area (Å²) >= 11 is 3.37. The molecule has 0 spiro atoms. The molecule has 0 bridgehead atoms. The monoisotopic (exact) mass is 308 g/mol. The highest BCUT2D eigenvalue weighted by atomic mass is 79.9. The quantitative estimate of drug-likeness (QED) is 0.720. The van der Waals surface area contributed by atoms with Crippen molar-refractivity contribution in [2.75, 3.05) is 0 Å². The van der Waals surface area contributed by atoms with E-state index in [0.29, 0.717) is 21.9 Å². The number of ether oxygens (including phenoxy) is 1. The average molecular weight is 309 g/mol. The lowest BCUT2D eigenvalue weighted by Crippen LogP contribution is -1.93. The number of rotatable bonds is 2. The fourth-order valence-electron chi connectivity index (χ4n) is 1.66. The van der Waals surface area contributed by atoms with Crippen LogP contribution >= 0.6 is 15.9 Å². The Morgan fingerprint density at radius 1 is 1.28 bits per heavy atom. The third kappa shape index (κ3) is 1.74.